The zero-order valence-corrected chi connectivity index (χ0v) is 21.7. The van der Waals surface area contributed by atoms with Crippen LogP contribution in [0.4, 0.5) is 4.79 Å². The van der Waals surface area contributed by atoms with Crippen molar-refractivity contribution in [1.29, 1.82) is 0 Å². The van der Waals surface area contributed by atoms with Gasteiger partial charge in [0.05, 0.1) is 20.3 Å². The van der Waals surface area contributed by atoms with E-state index in [1.54, 1.807) is 35.2 Å². The lowest BCUT2D eigenvalue weighted by Crippen LogP contribution is -2.50. The minimum atomic E-state index is -4.12. The van der Waals surface area contributed by atoms with Crippen molar-refractivity contribution in [2.75, 3.05) is 27.4 Å². The van der Waals surface area contributed by atoms with Crippen molar-refractivity contribution in [2.45, 2.75) is 56.7 Å². The molecule has 9 nitrogen and oxygen atoms in total. The zero-order valence-electron chi connectivity index (χ0n) is 20.9. The van der Waals surface area contributed by atoms with E-state index in [0.29, 0.717) is 24.5 Å². The third-order valence-electron chi connectivity index (χ3n) is 5.37. The number of rotatable bonds is 9. The lowest BCUT2D eigenvalue weighted by atomic mass is 10.1. The van der Waals surface area contributed by atoms with Gasteiger partial charge in [0, 0.05) is 25.2 Å². The summed E-state index contributed by atoms with van der Waals surface area (Å²) in [5.41, 5.74) is 0.278. The summed E-state index contributed by atoms with van der Waals surface area (Å²) in [5, 5.41) is 2.99. The fraction of sp³-hybridized carbons (Fsp3) is 0.480. The molecule has 2 amide bonds. The molecule has 1 heterocycles. The van der Waals surface area contributed by atoms with Gasteiger partial charge in [-0.3, -0.25) is 0 Å². The topological polar surface area (TPSA) is 103 Å². The predicted molar refractivity (Wildman–Crippen MR) is 131 cm³/mol. The number of ether oxygens (including phenoxy) is 3. The molecule has 1 aliphatic heterocycles. The first-order valence-electron chi connectivity index (χ1n) is 11.4. The van der Waals surface area contributed by atoms with E-state index in [1.165, 1.54) is 26.4 Å². The third kappa shape index (κ3) is 7.50. The third-order valence-corrected chi connectivity index (χ3v) is 6.61. The molecule has 0 saturated carbocycles. The lowest BCUT2D eigenvalue weighted by molar-refractivity contribution is 0.0782. The Morgan fingerprint density at radius 1 is 1.09 bits per heavy atom. The molecule has 192 valence electrons. The minimum Gasteiger partial charge on any atom is -0.497 e. The van der Waals surface area contributed by atoms with Gasteiger partial charge in [0.1, 0.15) is 10.6 Å². The molecule has 0 spiro atoms. The van der Waals surface area contributed by atoms with E-state index in [9.17, 15) is 13.2 Å². The van der Waals surface area contributed by atoms with Crippen LogP contribution in [0.5, 0.6) is 17.2 Å². The molecule has 2 aromatic rings. The second-order valence-corrected chi connectivity index (χ2v) is 10.9. The Kier molecular flexibility index (Phi) is 8.50. The average molecular weight is 507 g/mol. The standard InChI is InChI=1S/C25H34N2O7S/c1-25(2,3)26-24(28)27(17-20-7-6-14-33-20)16-18-8-13-22(32-5)23(15-18)34-35(29,30)21-11-9-19(31-4)10-12-21/h8-13,15,20H,6-7,14,16-17H2,1-5H3,(H,26,28)/t20-/m1/s1. The molecule has 0 unspecified atom stereocenters. The second kappa shape index (κ2) is 11.2. The Morgan fingerprint density at radius 3 is 2.37 bits per heavy atom. The van der Waals surface area contributed by atoms with Crippen molar-refractivity contribution in [1.82, 2.24) is 10.2 Å². The van der Waals surface area contributed by atoms with Crippen LogP contribution in [0, 0.1) is 0 Å². The molecule has 1 atom stereocenters. The Morgan fingerprint density at radius 2 is 1.80 bits per heavy atom. The molecular formula is C25H34N2O7S. The quantitative estimate of drug-likeness (QED) is 0.514. The van der Waals surface area contributed by atoms with E-state index in [4.69, 9.17) is 18.4 Å². The number of benzene rings is 2. The predicted octanol–water partition coefficient (Wildman–Crippen LogP) is 3.96. The van der Waals surface area contributed by atoms with Crippen LogP contribution in [0.25, 0.3) is 0 Å². The van der Waals surface area contributed by atoms with E-state index in [2.05, 4.69) is 5.32 Å². The molecule has 1 fully saturated rings. The number of carbonyl (C=O) groups is 1. The zero-order chi connectivity index (χ0) is 25.6. The van der Waals surface area contributed by atoms with Crippen LogP contribution in [0.2, 0.25) is 0 Å². The fourth-order valence-electron chi connectivity index (χ4n) is 3.67. The number of carbonyl (C=O) groups excluding carboxylic acids is 1. The van der Waals surface area contributed by atoms with E-state index >= 15 is 0 Å². The molecule has 0 aliphatic carbocycles. The minimum absolute atomic E-state index is 0.0182. The van der Waals surface area contributed by atoms with Crippen molar-refractivity contribution >= 4 is 16.1 Å². The lowest BCUT2D eigenvalue weighted by Gasteiger charge is -2.30. The highest BCUT2D eigenvalue weighted by molar-refractivity contribution is 7.87. The van der Waals surface area contributed by atoms with Gasteiger partial charge in [-0.05, 0) is 75.6 Å². The van der Waals surface area contributed by atoms with Crippen LogP contribution in [-0.2, 0) is 21.4 Å². The summed E-state index contributed by atoms with van der Waals surface area (Å²) in [6.45, 7) is 7.09. The van der Waals surface area contributed by atoms with Gasteiger partial charge in [-0.1, -0.05) is 6.07 Å². The monoisotopic (exact) mass is 506 g/mol. The highest BCUT2D eigenvalue weighted by Crippen LogP contribution is 2.32. The molecule has 0 aromatic heterocycles. The van der Waals surface area contributed by atoms with Gasteiger partial charge in [0.2, 0.25) is 0 Å². The highest BCUT2D eigenvalue weighted by Gasteiger charge is 2.26. The summed E-state index contributed by atoms with van der Waals surface area (Å²) < 4.78 is 47.4. The summed E-state index contributed by atoms with van der Waals surface area (Å²) in [6, 6.07) is 10.7. The fourth-order valence-corrected chi connectivity index (χ4v) is 4.60. The summed E-state index contributed by atoms with van der Waals surface area (Å²) in [6.07, 6.45) is 1.81. The summed E-state index contributed by atoms with van der Waals surface area (Å²) in [5.74, 6) is 0.827. The molecule has 0 bridgehead atoms. The molecule has 1 saturated heterocycles. The van der Waals surface area contributed by atoms with E-state index < -0.39 is 15.7 Å². The van der Waals surface area contributed by atoms with Crippen LogP contribution < -0.4 is 19.0 Å². The maximum Gasteiger partial charge on any atom is 0.339 e. The van der Waals surface area contributed by atoms with Gasteiger partial charge < -0.3 is 28.6 Å². The summed E-state index contributed by atoms with van der Waals surface area (Å²) in [4.78, 5) is 14.7. The van der Waals surface area contributed by atoms with E-state index in [-0.39, 0.29) is 35.1 Å². The van der Waals surface area contributed by atoms with Crippen molar-refractivity contribution in [3.05, 3.63) is 48.0 Å². The van der Waals surface area contributed by atoms with Crippen LogP contribution in [0.15, 0.2) is 47.4 Å². The van der Waals surface area contributed by atoms with Gasteiger partial charge in [0.15, 0.2) is 11.5 Å². The van der Waals surface area contributed by atoms with Crippen LogP contribution in [0.3, 0.4) is 0 Å². The number of hydrogen-bond acceptors (Lipinski definition) is 7. The molecule has 35 heavy (non-hydrogen) atoms. The number of nitrogens with one attached hydrogen (secondary N) is 1. The first-order valence-corrected chi connectivity index (χ1v) is 12.9. The number of nitrogens with zero attached hydrogens (tertiary/aromatic N) is 1. The molecular weight excluding hydrogens is 472 g/mol. The van der Waals surface area contributed by atoms with E-state index in [1.807, 2.05) is 20.8 Å². The van der Waals surface area contributed by atoms with Crippen molar-refractivity contribution < 1.29 is 31.6 Å². The number of hydrogen-bond donors (Lipinski definition) is 1. The molecule has 0 radical (unpaired) electrons. The first-order chi connectivity index (χ1) is 16.5. The van der Waals surface area contributed by atoms with Crippen LogP contribution in [0.1, 0.15) is 39.2 Å². The summed E-state index contributed by atoms with van der Waals surface area (Å²) in [7, 11) is -1.19. The van der Waals surface area contributed by atoms with Crippen LogP contribution >= 0.6 is 0 Å². The number of amides is 2. The van der Waals surface area contributed by atoms with Crippen molar-refractivity contribution in [3.8, 4) is 17.2 Å². The Hall–Kier alpha value is -2.98. The Labute approximate surface area is 207 Å². The molecule has 10 heteroatoms. The summed E-state index contributed by atoms with van der Waals surface area (Å²) >= 11 is 0. The van der Waals surface area contributed by atoms with Gasteiger partial charge in [0.25, 0.3) is 0 Å². The highest BCUT2D eigenvalue weighted by atomic mass is 32.2. The Bertz CT molecular complexity index is 1110. The number of methoxy groups -OCH3 is 2. The Balaban J connectivity index is 1.84. The number of urea groups is 1. The normalized spacial score (nSPS) is 16.0. The van der Waals surface area contributed by atoms with E-state index in [0.717, 1.165) is 12.8 Å². The SMILES string of the molecule is COc1ccc(S(=O)(=O)Oc2cc(CN(C[C@H]3CCCO3)C(=O)NC(C)(C)C)ccc2OC)cc1. The molecule has 1 aliphatic rings. The first kappa shape index (κ1) is 26.6. The van der Waals surface area contributed by atoms with Crippen molar-refractivity contribution in [2.24, 2.45) is 0 Å². The average Bonchev–Trinajstić information content (AvgIpc) is 3.31. The largest absolute Gasteiger partial charge is 0.497 e. The molecule has 2 aromatic carbocycles. The van der Waals surface area contributed by atoms with Crippen molar-refractivity contribution in [3.63, 3.8) is 0 Å². The molecule has 1 N–H and O–H groups in total. The van der Waals surface area contributed by atoms with Gasteiger partial charge >= 0.3 is 16.1 Å². The van der Waals surface area contributed by atoms with Gasteiger partial charge in [-0.2, -0.15) is 8.42 Å². The molecule has 3 rings (SSSR count). The van der Waals surface area contributed by atoms with Gasteiger partial charge in [-0.25, -0.2) is 4.79 Å². The maximum absolute atomic E-state index is 13.0. The smallest absolute Gasteiger partial charge is 0.339 e. The van der Waals surface area contributed by atoms with Gasteiger partial charge in [-0.15, -0.1) is 0 Å². The second-order valence-electron chi connectivity index (χ2n) is 9.39. The van der Waals surface area contributed by atoms with Crippen LogP contribution in [-0.4, -0.2) is 58.4 Å². The maximum atomic E-state index is 13.0.